The van der Waals surface area contributed by atoms with Gasteiger partial charge in [-0.25, -0.2) is 0 Å². The number of carbonyl (C=O) groups excluding carboxylic acids is 1. The third-order valence-corrected chi connectivity index (χ3v) is 2.97. The SMILES string of the molecule is CC(=O)/C(=N\Nc1ccc(C)cc1)N1CCOCC1. The third-order valence-electron chi connectivity index (χ3n) is 2.97. The minimum absolute atomic E-state index is 0.0403. The molecule has 1 saturated heterocycles. The van der Waals surface area contributed by atoms with Gasteiger partial charge in [-0.15, -0.1) is 0 Å². The van der Waals surface area contributed by atoms with Gasteiger partial charge in [0.1, 0.15) is 0 Å². The number of Topliss-reactive ketones (excluding diaryl/α,β-unsaturated/α-hetero) is 1. The smallest absolute Gasteiger partial charge is 0.196 e. The maximum atomic E-state index is 11.7. The van der Waals surface area contributed by atoms with Crippen molar-refractivity contribution in [2.75, 3.05) is 31.7 Å². The largest absolute Gasteiger partial charge is 0.378 e. The molecule has 0 amide bonds. The number of aryl methyl sites for hydroxylation is 1. The Balaban J connectivity index is 2.07. The van der Waals surface area contributed by atoms with Crippen LogP contribution in [-0.2, 0) is 9.53 Å². The second kappa shape index (κ2) is 6.33. The van der Waals surface area contributed by atoms with Crippen molar-refractivity contribution < 1.29 is 9.53 Å². The van der Waals surface area contributed by atoms with Crippen LogP contribution in [0.3, 0.4) is 0 Å². The Morgan fingerprint density at radius 1 is 1.26 bits per heavy atom. The van der Waals surface area contributed by atoms with Crippen molar-refractivity contribution in [1.29, 1.82) is 0 Å². The fourth-order valence-electron chi connectivity index (χ4n) is 1.89. The van der Waals surface area contributed by atoms with Crippen LogP contribution in [0, 0.1) is 6.92 Å². The van der Waals surface area contributed by atoms with Gasteiger partial charge < -0.3 is 9.64 Å². The molecule has 0 aromatic heterocycles. The Hall–Kier alpha value is -1.88. The van der Waals surface area contributed by atoms with Crippen LogP contribution in [0.2, 0.25) is 0 Å². The van der Waals surface area contributed by atoms with Crippen LogP contribution in [0.4, 0.5) is 5.69 Å². The van der Waals surface area contributed by atoms with Gasteiger partial charge in [0, 0.05) is 20.0 Å². The number of nitrogens with one attached hydrogen (secondary N) is 1. The zero-order valence-corrected chi connectivity index (χ0v) is 11.3. The fraction of sp³-hybridized carbons (Fsp3) is 0.429. The quantitative estimate of drug-likeness (QED) is 0.510. The lowest BCUT2D eigenvalue weighted by atomic mass is 10.2. The van der Waals surface area contributed by atoms with E-state index in [9.17, 15) is 4.79 Å². The molecule has 5 nitrogen and oxygen atoms in total. The van der Waals surface area contributed by atoms with Crippen LogP contribution >= 0.6 is 0 Å². The van der Waals surface area contributed by atoms with Crippen molar-refractivity contribution in [2.45, 2.75) is 13.8 Å². The molecule has 0 saturated carbocycles. The average Bonchev–Trinajstić information content (AvgIpc) is 2.42. The van der Waals surface area contributed by atoms with E-state index in [0.717, 1.165) is 5.69 Å². The summed E-state index contributed by atoms with van der Waals surface area (Å²) in [7, 11) is 0. The maximum absolute atomic E-state index is 11.7. The molecule has 1 aliphatic rings. The molecule has 2 rings (SSSR count). The number of rotatable bonds is 3. The van der Waals surface area contributed by atoms with Gasteiger partial charge in [-0.05, 0) is 19.1 Å². The lowest BCUT2D eigenvalue weighted by molar-refractivity contribution is -0.112. The molecule has 1 aliphatic heterocycles. The highest BCUT2D eigenvalue weighted by molar-refractivity contribution is 6.37. The minimum Gasteiger partial charge on any atom is -0.378 e. The molecular formula is C14H19N3O2. The molecule has 102 valence electrons. The molecule has 1 N–H and O–H groups in total. The number of anilines is 1. The number of carbonyl (C=O) groups is 1. The molecule has 0 spiro atoms. The highest BCUT2D eigenvalue weighted by Crippen LogP contribution is 2.09. The number of nitrogens with zero attached hydrogens (tertiary/aromatic N) is 2. The fourth-order valence-corrected chi connectivity index (χ4v) is 1.89. The molecular weight excluding hydrogens is 242 g/mol. The van der Waals surface area contributed by atoms with Crippen molar-refractivity contribution in [3.63, 3.8) is 0 Å². The van der Waals surface area contributed by atoms with Crippen molar-refractivity contribution in [1.82, 2.24) is 4.90 Å². The standard InChI is InChI=1S/C14H19N3O2/c1-11-3-5-13(6-4-11)15-16-14(12(2)18)17-7-9-19-10-8-17/h3-6,15H,7-10H2,1-2H3/b16-14+. The Labute approximate surface area is 113 Å². The number of hydrazone groups is 1. The van der Waals surface area contributed by atoms with Crippen molar-refractivity contribution in [2.24, 2.45) is 5.10 Å². The monoisotopic (exact) mass is 261 g/mol. The average molecular weight is 261 g/mol. The summed E-state index contributed by atoms with van der Waals surface area (Å²) in [6.45, 7) is 6.24. The molecule has 0 bridgehead atoms. The van der Waals surface area contributed by atoms with E-state index in [-0.39, 0.29) is 5.78 Å². The molecule has 5 heteroatoms. The van der Waals surface area contributed by atoms with E-state index in [0.29, 0.717) is 32.1 Å². The Kier molecular flexibility index (Phi) is 4.52. The van der Waals surface area contributed by atoms with E-state index in [1.54, 1.807) is 0 Å². The van der Waals surface area contributed by atoms with Gasteiger partial charge >= 0.3 is 0 Å². The molecule has 19 heavy (non-hydrogen) atoms. The summed E-state index contributed by atoms with van der Waals surface area (Å²) in [6, 6.07) is 7.88. The molecule has 1 aromatic rings. The number of ketones is 1. The first-order valence-corrected chi connectivity index (χ1v) is 6.41. The summed E-state index contributed by atoms with van der Waals surface area (Å²) in [4.78, 5) is 13.6. The molecule has 1 aromatic carbocycles. The topological polar surface area (TPSA) is 53.9 Å². The second-order valence-corrected chi connectivity index (χ2v) is 4.57. The van der Waals surface area contributed by atoms with E-state index in [1.807, 2.05) is 36.1 Å². The predicted molar refractivity (Wildman–Crippen MR) is 75.3 cm³/mol. The number of morpholine rings is 1. The Morgan fingerprint density at radius 2 is 1.89 bits per heavy atom. The van der Waals surface area contributed by atoms with E-state index in [4.69, 9.17) is 4.74 Å². The zero-order valence-electron chi connectivity index (χ0n) is 11.3. The predicted octanol–water partition coefficient (Wildman–Crippen LogP) is 1.64. The highest BCUT2D eigenvalue weighted by Gasteiger charge is 2.18. The Bertz CT molecular complexity index is 462. The molecule has 1 heterocycles. The van der Waals surface area contributed by atoms with Gasteiger partial charge in [0.25, 0.3) is 0 Å². The summed E-state index contributed by atoms with van der Waals surface area (Å²) >= 11 is 0. The summed E-state index contributed by atoms with van der Waals surface area (Å²) in [5, 5.41) is 4.23. The van der Waals surface area contributed by atoms with Gasteiger partial charge in [0.05, 0.1) is 18.9 Å². The van der Waals surface area contributed by atoms with Crippen LogP contribution in [0.25, 0.3) is 0 Å². The Morgan fingerprint density at radius 3 is 2.47 bits per heavy atom. The first-order valence-electron chi connectivity index (χ1n) is 6.41. The highest BCUT2D eigenvalue weighted by atomic mass is 16.5. The van der Waals surface area contributed by atoms with Crippen molar-refractivity contribution in [3.05, 3.63) is 29.8 Å². The van der Waals surface area contributed by atoms with Crippen LogP contribution < -0.4 is 5.43 Å². The van der Waals surface area contributed by atoms with Crippen LogP contribution in [0.5, 0.6) is 0 Å². The van der Waals surface area contributed by atoms with Crippen molar-refractivity contribution >= 4 is 17.3 Å². The summed E-state index contributed by atoms with van der Waals surface area (Å²) in [5.41, 5.74) is 5.00. The maximum Gasteiger partial charge on any atom is 0.196 e. The summed E-state index contributed by atoms with van der Waals surface area (Å²) < 4.78 is 5.28. The van der Waals surface area contributed by atoms with Crippen molar-refractivity contribution in [3.8, 4) is 0 Å². The number of hydrogen-bond acceptors (Lipinski definition) is 4. The molecule has 0 atom stereocenters. The molecule has 0 radical (unpaired) electrons. The van der Waals surface area contributed by atoms with Gasteiger partial charge in [0.15, 0.2) is 11.6 Å². The first-order chi connectivity index (χ1) is 9.16. The van der Waals surface area contributed by atoms with Gasteiger partial charge in [-0.3, -0.25) is 10.2 Å². The van der Waals surface area contributed by atoms with Crippen LogP contribution in [0.15, 0.2) is 29.4 Å². The molecule has 0 aliphatic carbocycles. The summed E-state index contributed by atoms with van der Waals surface area (Å²) in [5.74, 6) is 0.422. The van der Waals surface area contributed by atoms with E-state index >= 15 is 0 Å². The van der Waals surface area contributed by atoms with Gasteiger partial charge in [-0.2, -0.15) is 5.10 Å². The van der Waals surface area contributed by atoms with Crippen LogP contribution in [-0.4, -0.2) is 42.8 Å². The lowest BCUT2D eigenvalue weighted by Crippen LogP contribution is -2.44. The first kappa shape index (κ1) is 13.5. The van der Waals surface area contributed by atoms with Crippen LogP contribution in [0.1, 0.15) is 12.5 Å². The molecule has 1 fully saturated rings. The lowest BCUT2D eigenvalue weighted by Gasteiger charge is -2.28. The second-order valence-electron chi connectivity index (χ2n) is 4.57. The van der Waals surface area contributed by atoms with E-state index in [2.05, 4.69) is 10.5 Å². The number of benzene rings is 1. The number of hydrogen-bond donors (Lipinski definition) is 1. The van der Waals surface area contributed by atoms with E-state index < -0.39 is 0 Å². The molecule has 0 unspecified atom stereocenters. The van der Waals surface area contributed by atoms with Gasteiger partial charge in [0.2, 0.25) is 0 Å². The summed E-state index contributed by atoms with van der Waals surface area (Å²) in [6.07, 6.45) is 0. The normalized spacial score (nSPS) is 16.3. The zero-order chi connectivity index (χ0) is 13.7. The van der Waals surface area contributed by atoms with E-state index in [1.165, 1.54) is 12.5 Å². The number of ether oxygens (including phenoxy) is 1. The third kappa shape index (κ3) is 3.79. The van der Waals surface area contributed by atoms with Gasteiger partial charge in [-0.1, -0.05) is 17.7 Å². The minimum atomic E-state index is -0.0403. The number of amidine groups is 1.